The fourth-order valence-electron chi connectivity index (χ4n) is 1.43. The molecule has 0 N–H and O–H groups in total. The number of hydrogen-bond donors (Lipinski definition) is 0. The summed E-state index contributed by atoms with van der Waals surface area (Å²) in [6.07, 6.45) is 3.47. The summed E-state index contributed by atoms with van der Waals surface area (Å²) >= 11 is 0. The van der Waals surface area contributed by atoms with Crippen LogP contribution in [-0.4, -0.2) is 14.2 Å². The van der Waals surface area contributed by atoms with Crippen LogP contribution in [0.25, 0.3) is 0 Å². The van der Waals surface area contributed by atoms with E-state index in [1.807, 2.05) is 12.1 Å². The lowest BCUT2D eigenvalue weighted by Crippen LogP contribution is -1.93. The van der Waals surface area contributed by atoms with E-state index < -0.39 is 0 Å². The Hall–Kier alpha value is -1.18. The molecular weight excluding hydrogens is 176 g/mol. The van der Waals surface area contributed by atoms with Gasteiger partial charge in [0.2, 0.25) is 0 Å². The molecule has 2 nitrogen and oxygen atoms in total. The van der Waals surface area contributed by atoms with Crippen LogP contribution in [0, 0.1) is 0 Å². The van der Waals surface area contributed by atoms with Gasteiger partial charge in [0, 0.05) is 6.07 Å². The highest BCUT2D eigenvalue weighted by Gasteiger charge is 2.03. The maximum absolute atomic E-state index is 5.30. The van der Waals surface area contributed by atoms with Crippen molar-refractivity contribution < 1.29 is 9.47 Å². The first-order valence-corrected chi connectivity index (χ1v) is 5.02. The lowest BCUT2D eigenvalue weighted by molar-refractivity contribution is 0.390. The van der Waals surface area contributed by atoms with Crippen molar-refractivity contribution in [1.29, 1.82) is 0 Å². The van der Waals surface area contributed by atoms with E-state index in [0.29, 0.717) is 0 Å². The first-order chi connectivity index (χ1) is 6.81. The number of aryl methyl sites for hydroxylation is 1. The molecule has 1 rings (SSSR count). The minimum atomic E-state index is 0.849. The first kappa shape index (κ1) is 10.9. The Morgan fingerprint density at radius 3 is 2.50 bits per heavy atom. The van der Waals surface area contributed by atoms with E-state index in [1.165, 1.54) is 18.4 Å². The predicted octanol–water partition coefficient (Wildman–Crippen LogP) is 3.05. The van der Waals surface area contributed by atoms with Gasteiger partial charge < -0.3 is 9.47 Å². The van der Waals surface area contributed by atoms with E-state index in [4.69, 9.17) is 9.47 Å². The molecular formula is C12H18O2. The van der Waals surface area contributed by atoms with E-state index in [1.54, 1.807) is 14.2 Å². The molecule has 0 fully saturated rings. The summed E-state index contributed by atoms with van der Waals surface area (Å²) < 4.78 is 10.4. The van der Waals surface area contributed by atoms with Crippen LogP contribution < -0.4 is 9.47 Å². The summed E-state index contributed by atoms with van der Waals surface area (Å²) in [7, 11) is 3.37. The Morgan fingerprint density at radius 1 is 1.14 bits per heavy atom. The first-order valence-electron chi connectivity index (χ1n) is 5.02. The third-order valence-electron chi connectivity index (χ3n) is 2.29. The molecule has 0 saturated carbocycles. The standard InChI is InChI=1S/C12H18O2/c1-4-5-6-10-7-8-11(13-2)9-12(10)14-3/h7-9H,4-6H2,1-3H3. The quantitative estimate of drug-likeness (QED) is 0.717. The average molecular weight is 194 g/mol. The third-order valence-corrected chi connectivity index (χ3v) is 2.29. The van der Waals surface area contributed by atoms with Crippen LogP contribution in [0.4, 0.5) is 0 Å². The molecule has 0 aliphatic heterocycles. The second-order valence-corrected chi connectivity index (χ2v) is 3.28. The van der Waals surface area contributed by atoms with Gasteiger partial charge in [0.1, 0.15) is 11.5 Å². The number of ether oxygens (including phenoxy) is 2. The Balaban J connectivity index is 2.82. The van der Waals surface area contributed by atoms with Gasteiger partial charge in [-0.3, -0.25) is 0 Å². The average Bonchev–Trinajstić information content (AvgIpc) is 2.26. The SMILES string of the molecule is CCCCc1ccc(OC)cc1OC. The molecule has 1 aromatic carbocycles. The molecule has 0 amide bonds. The van der Waals surface area contributed by atoms with Crippen LogP contribution in [0.3, 0.4) is 0 Å². The number of rotatable bonds is 5. The van der Waals surface area contributed by atoms with Gasteiger partial charge >= 0.3 is 0 Å². The van der Waals surface area contributed by atoms with Crippen molar-refractivity contribution in [2.75, 3.05) is 14.2 Å². The minimum Gasteiger partial charge on any atom is -0.497 e. The van der Waals surface area contributed by atoms with Crippen molar-refractivity contribution >= 4 is 0 Å². The van der Waals surface area contributed by atoms with Crippen molar-refractivity contribution in [3.8, 4) is 11.5 Å². The predicted molar refractivity (Wildman–Crippen MR) is 58.2 cm³/mol. The molecule has 78 valence electrons. The highest BCUT2D eigenvalue weighted by molar-refractivity contribution is 5.40. The van der Waals surface area contributed by atoms with Crippen LogP contribution >= 0.6 is 0 Å². The van der Waals surface area contributed by atoms with E-state index >= 15 is 0 Å². The highest BCUT2D eigenvalue weighted by atomic mass is 16.5. The summed E-state index contributed by atoms with van der Waals surface area (Å²) in [5.41, 5.74) is 1.26. The van der Waals surface area contributed by atoms with Crippen LogP contribution in [0.5, 0.6) is 11.5 Å². The van der Waals surface area contributed by atoms with E-state index in [2.05, 4.69) is 13.0 Å². The van der Waals surface area contributed by atoms with Crippen molar-refractivity contribution in [2.45, 2.75) is 26.2 Å². The van der Waals surface area contributed by atoms with Crippen LogP contribution in [-0.2, 0) is 6.42 Å². The Bertz CT molecular complexity index is 282. The molecule has 14 heavy (non-hydrogen) atoms. The van der Waals surface area contributed by atoms with Gasteiger partial charge in [-0.1, -0.05) is 19.4 Å². The zero-order valence-corrected chi connectivity index (χ0v) is 9.17. The zero-order valence-electron chi connectivity index (χ0n) is 9.17. The second-order valence-electron chi connectivity index (χ2n) is 3.28. The molecule has 0 heterocycles. The van der Waals surface area contributed by atoms with Gasteiger partial charge in [0.05, 0.1) is 14.2 Å². The monoisotopic (exact) mass is 194 g/mol. The summed E-state index contributed by atoms with van der Waals surface area (Å²) in [6.45, 7) is 2.19. The molecule has 0 aliphatic carbocycles. The zero-order chi connectivity index (χ0) is 10.4. The highest BCUT2D eigenvalue weighted by Crippen LogP contribution is 2.25. The van der Waals surface area contributed by atoms with Crippen molar-refractivity contribution in [3.63, 3.8) is 0 Å². The molecule has 0 atom stereocenters. The maximum Gasteiger partial charge on any atom is 0.125 e. The number of unbranched alkanes of at least 4 members (excludes halogenated alkanes) is 1. The van der Waals surface area contributed by atoms with Gasteiger partial charge in [0.25, 0.3) is 0 Å². The summed E-state index contributed by atoms with van der Waals surface area (Å²) in [5, 5.41) is 0. The fraction of sp³-hybridized carbons (Fsp3) is 0.500. The molecule has 0 spiro atoms. The van der Waals surface area contributed by atoms with E-state index in [-0.39, 0.29) is 0 Å². The molecule has 2 heteroatoms. The Morgan fingerprint density at radius 2 is 1.93 bits per heavy atom. The van der Waals surface area contributed by atoms with Gasteiger partial charge in [-0.2, -0.15) is 0 Å². The summed E-state index contributed by atoms with van der Waals surface area (Å²) in [5.74, 6) is 1.78. The van der Waals surface area contributed by atoms with Crippen molar-refractivity contribution in [2.24, 2.45) is 0 Å². The van der Waals surface area contributed by atoms with E-state index in [9.17, 15) is 0 Å². The van der Waals surface area contributed by atoms with Gasteiger partial charge in [0.15, 0.2) is 0 Å². The smallest absolute Gasteiger partial charge is 0.125 e. The summed E-state index contributed by atoms with van der Waals surface area (Å²) in [4.78, 5) is 0. The van der Waals surface area contributed by atoms with Crippen molar-refractivity contribution in [3.05, 3.63) is 23.8 Å². The number of hydrogen-bond acceptors (Lipinski definition) is 2. The fourth-order valence-corrected chi connectivity index (χ4v) is 1.43. The Labute approximate surface area is 85.8 Å². The Kier molecular flexibility index (Phi) is 4.30. The topological polar surface area (TPSA) is 18.5 Å². The molecule has 0 radical (unpaired) electrons. The molecule has 0 aromatic heterocycles. The summed E-state index contributed by atoms with van der Waals surface area (Å²) in [6, 6.07) is 5.99. The number of benzene rings is 1. The second kappa shape index (κ2) is 5.53. The molecule has 0 aliphatic rings. The third kappa shape index (κ3) is 2.66. The van der Waals surface area contributed by atoms with Crippen LogP contribution in [0.1, 0.15) is 25.3 Å². The molecule has 0 saturated heterocycles. The molecule has 0 bridgehead atoms. The maximum atomic E-state index is 5.30. The lowest BCUT2D eigenvalue weighted by atomic mass is 10.1. The van der Waals surface area contributed by atoms with Crippen LogP contribution in [0.15, 0.2) is 18.2 Å². The normalized spacial score (nSPS) is 9.93. The lowest BCUT2D eigenvalue weighted by Gasteiger charge is -2.09. The minimum absolute atomic E-state index is 0.849. The van der Waals surface area contributed by atoms with E-state index in [0.717, 1.165) is 17.9 Å². The van der Waals surface area contributed by atoms with Gasteiger partial charge in [-0.15, -0.1) is 0 Å². The number of methoxy groups -OCH3 is 2. The van der Waals surface area contributed by atoms with Gasteiger partial charge in [-0.05, 0) is 24.5 Å². The van der Waals surface area contributed by atoms with Crippen molar-refractivity contribution in [1.82, 2.24) is 0 Å². The molecule has 1 aromatic rings. The van der Waals surface area contributed by atoms with Crippen LogP contribution in [0.2, 0.25) is 0 Å². The van der Waals surface area contributed by atoms with Gasteiger partial charge in [-0.25, -0.2) is 0 Å². The molecule has 0 unspecified atom stereocenters. The largest absolute Gasteiger partial charge is 0.497 e.